The van der Waals surface area contributed by atoms with E-state index in [0.717, 1.165) is 17.4 Å². The summed E-state index contributed by atoms with van der Waals surface area (Å²) < 4.78 is 19.3. The van der Waals surface area contributed by atoms with Crippen molar-refractivity contribution in [2.24, 2.45) is 17.1 Å². The lowest BCUT2D eigenvalue weighted by molar-refractivity contribution is -0.139. The molecule has 1 aromatic heterocycles. The summed E-state index contributed by atoms with van der Waals surface area (Å²) in [6.45, 7) is 7.71. The van der Waals surface area contributed by atoms with E-state index >= 15 is 0 Å². The Labute approximate surface area is 214 Å². The van der Waals surface area contributed by atoms with Gasteiger partial charge in [-0.3, -0.25) is 15.0 Å². The van der Waals surface area contributed by atoms with Crippen molar-refractivity contribution in [1.29, 1.82) is 5.41 Å². The molecule has 36 heavy (non-hydrogen) atoms. The van der Waals surface area contributed by atoms with Gasteiger partial charge in [-0.2, -0.15) is 0 Å². The minimum atomic E-state index is -0.962. The number of carboxylic acids is 1. The molecule has 1 heterocycles. The Hall–Kier alpha value is -3.27. The van der Waals surface area contributed by atoms with Crippen molar-refractivity contribution in [2.45, 2.75) is 65.8 Å². The molecular formula is C26H34FN3O5S. The Balaban J connectivity index is 2.17. The number of nitrogens with two attached hydrogens (primary N) is 1. The molecule has 0 bridgehead atoms. The van der Waals surface area contributed by atoms with Crippen LogP contribution in [0, 0.1) is 22.6 Å². The summed E-state index contributed by atoms with van der Waals surface area (Å²) in [5.41, 5.74) is 4.46. The van der Waals surface area contributed by atoms with Crippen molar-refractivity contribution in [3.05, 3.63) is 51.5 Å². The minimum Gasteiger partial charge on any atom is -0.481 e. The third kappa shape index (κ3) is 7.13. The number of amides is 1. The van der Waals surface area contributed by atoms with Gasteiger partial charge in [-0.25, -0.2) is 9.18 Å². The van der Waals surface area contributed by atoms with Crippen molar-refractivity contribution >= 4 is 35.0 Å². The molecule has 1 aromatic carbocycles. The maximum Gasteiger partial charge on any atom is 0.353 e. The highest BCUT2D eigenvalue weighted by atomic mass is 32.1. The highest BCUT2D eigenvalue weighted by Crippen LogP contribution is 2.35. The molecule has 196 valence electrons. The Morgan fingerprint density at radius 2 is 1.86 bits per heavy atom. The van der Waals surface area contributed by atoms with Gasteiger partial charge in [-0.1, -0.05) is 34.1 Å². The standard InChI is InChI=1S/C26H34FN3O5S/c1-5-15(4)20(13-22(31)32)30-25(34)26(6-2,7-3)14-17-9-11-21(36-17)24(33)35-16-8-10-18(23(28)29)19(27)12-16/h8-12,15,20H,5-7,13-14H2,1-4H3,(H3,28,29)(H,30,34)(H,31,32)/t15-,20+/m0/s1. The van der Waals surface area contributed by atoms with Crippen molar-refractivity contribution in [1.82, 2.24) is 5.32 Å². The molecule has 10 heteroatoms. The second-order valence-corrected chi connectivity index (χ2v) is 10.1. The summed E-state index contributed by atoms with van der Waals surface area (Å²) in [7, 11) is 0. The van der Waals surface area contributed by atoms with Gasteiger partial charge in [0.15, 0.2) is 0 Å². The summed E-state index contributed by atoms with van der Waals surface area (Å²) in [6.07, 6.45) is 2.05. The fourth-order valence-electron chi connectivity index (χ4n) is 3.94. The van der Waals surface area contributed by atoms with Crippen molar-refractivity contribution in [2.75, 3.05) is 0 Å². The lowest BCUT2D eigenvalue weighted by Gasteiger charge is -2.33. The van der Waals surface area contributed by atoms with Crippen LogP contribution in [0.4, 0.5) is 4.39 Å². The molecular weight excluding hydrogens is 485 g/mol. The molecule has 2 atom stereocenters. The molecule has 0 saturated heterocycles. The van der Waals surface area contributed by atoms with Crippen LogP contribution in [0.15, 0.2) is 30.3 Å². The zero-order chi connectivity index (χ0) is 27.0. The van der Waals surface area contributed by atoms with Gasteiger partial charge in [0.25, 0.3) is 0 Å². The Kier molecular flexibility index (Phi) is 10.2. The van der Waals surface area contributed by atoms with Gasteiger partial charge >= 0.3 is 11.9 Å². The number of aliphatic carboxylic acids is 1. The number of amidine groups is 1. The maximum absolute atomic E-state index is 14.1. The third-order valence-corrected chi connectivity index (χ3v) is 7.76. The fourth-order valence-corrected chi connectivity index (χ4v) is 4.97. The van der Waals surface area contributed by atoms with Gasteiger partial charge in [0, 0.05) is 17.0 Å². The van der Waals surface area contributed by atoms with Crippen molar-refractivity contribution < 1.29 is 28.6 Å². The van der Waals surface area contributed by atoms with E-state index in [2.05, 4.69) is 5.32 Å². The van der Waals surface area contributed by atoms with E-state index in [4.69, 9.17) is 15.9 Å². The average molecular weight is 520 g/mol. The molecule has 8 nitrogen and oxygen atoms in total. The molecule has 1 amide bonds. The summed E-state index contributed by atoms with van der Waals surface area (Å²) in [4.78, 5) is 38.4. The number of carboxylic acid groups (broad SMARTS) is 1. The predicted octanol–water partition coefficient (Wildman–Crippen LogP) is 4.74. The first-order chi connectivity index (χ1) is 17.0. The van der Waals surface area contributed by atoms with Crippen LogP contribution in [0.3, 0.4) is 0 Å². The Morgan fingerprint density at radius 3 is 2.39 bits per heavy atom. The summed E-state index contributed by atoms with van der Waals surface area (Å²) in [6, 6.07) is 6.52. The predicted molar refractivity (Wildman–Crippen MR) is 137 cm³/mol. The number of hydrogen-bond donors (Lipinski definition) is 4. The van der Waals surface area contributed by atoms with Crippen LogP contribution in [-0.2, 0) is 16.0 Å². The number of hydrogen-bond acceptors (Lipinski definition) is 6. The van der Waals surface area contributed by atoms with E-state index in [0.29, 0.717) is 24.1 Å². The van der Waals surface area contributed by atoms with Crippen LogP contribution in [-0.4, -0.2) is 34.8 Å². The minimum absolute atomic E-state index is 0.00826. The van der Waals surface area contributed by atoms with Crippen LogP contribution in [0.1, 0.15) is 73.5 Å². The normalized spacial score (nSPS) is 13.0. The highest BCUT2D eigenvalue weighted by molar-refractivity contribution is 7.14. The Morgan fingerprint density at radius 1 is 1.19 bits per heavy atom. The topological polar surface area (TPSA) is 143 Å². The highest BCUT2D eigenvalue weighted by Gasteiger charge is 2.37. The first kappa shape index (κ1) is 29.0. The second kappa shape index (κ2) is 12.6. The smallest absolute Gasteiger partial charge is 0.353 e. The largest absolute Gasteiger partial charge is 0.481 e. The van der Waals surface area contributed by atoms with E-state index in [1.54, 1.807) is 12.1 Å². The van der Waals surface area contributed by atoms with Crippen LogP contribution >= 0.6 is 11.3 Å². The molecule has 0 radical (unpaired) electrons. The van der Waals surface area contributed by atoms with Crippen molar-refractivity contribution in [3.8, 4) is 5.75 Å². The molecule has 0 fully saturated rings. The maximum atomic E-state index is 14.1. The number of benzene rings is 1. The SMILES string of the molecule is CC[C@H](C)[C@@H](CC(=O)O)NC(=O)C(CC)(CC)Cc1ccc(C(=O)Oc2ccc(C(=N)N)c(F)c2)s1. The van der Waals surface area contributed by atoms with Gasteiger partial charge in [0.05, 0.1) is 17.4 Å². The van der Waals surface area contributed by atoms with Gasteiger partial charge in [-0.15, -0.1) is 11.3 Å². The number of halogens is 1. The molecule has 0 unspecified atom stereocenters. The number of nitrogen functional groups attached to an aromatic ring is 1. The average Bonchev–Trinajstić information content (AvgIpc) is 3.29. The molecule has 0 saturated carbocycles. The molecule has 2 rings (SSSR count). The lowest BCUT2D eigenvalue weighted by Crippen LogP contribution is -2.49. The van der Waals surface area contributed by atoms with Gasteiger partial charge in [0.1, 0.15) is 22.3 Å². The van der Waals surface area contributed by atoms with Gasteiger partial charge in [-0.05, 0) is 49.4 Å². The first-order valence-electron chi connectivity index (χ1n) is 11.9. The molecule has 5 N–H and O–H groups in total. The fraction of sp³-hybridized carbons (Fsp3) is 0.462. The molecule has 0 aliphatic carbocycles. The van der Waals surface area contributed by atoms with E-state index in [9.17, 15) is 23.9 Å². The number of carbonyl (C=O) groups excluding carboxylic acids is 2. The monoisotopic (exact) mass is 519 g/mol. The van der Waals surface area contributed by atoms with Crippen LogP contribution in [0.5, 0.6) is 5.75 Å². The van der Waals surface area contributed by atoms with Gasteiger partial charge < -0.3 is 20.9 Å². The van der Waals surface area contributed by atoms with E-state index in [1.807, 2.05) is 27.7 Å². The molecule has 0 aliphatic heterocycles. The van der Waals surface area contributed by atoms with E-state index < -0.39 is 35.0 Å². The quantitative estimate of drug-likeness (QED) is 0.130. The zero-order valence-electron chi connectivity index (χ0n) is 21.0. The zero-order valence-corrected chi connectivity index (χ0v) is 21.8. The van der Waals surface area contributed by atoms with E-state index in [1.165, 1.54) is 23.5 Å². The van der Waals surface area contributed by atoms with E-state index in [-0.39, 0.29) is 29.6 Å². The number of ether oxygens (including phenoxy) is 1. The first-order valence-corrected chi connectivity index (χ1v) is 12.8. The van der Waals surface area contributed by atoms with Crippen LogP contribution in [0.2, 0.25) is 0 Å². The number of carbonyl (C=O) groups is 3. The number of esters is 1. The number of rotatable bonds is 13. The number of nitrogens with one attached hydrogen (secondary N) is 2. The molecule has 0 aliphatic rings. The summed E-state index contributed by atoms with van der Waals surface area (Å²) in [5.74, 6) is -3.01. The van der Waals surface area contributed by atoms with Gasteiger partial charge in [0.2, 0.25) is 5.91 Å². The van der Waals surface area contributed by atoms with Crippen LogP contribution in [0.25, 0.3) is 0 Å². The summed E-state index contributed by atoms with van der Waals surface area (Å²) in [5, 5.41) is 19.6. The third-order valence-electron chi connectivity index (χ3n) is 6.69. The summed E-state index contributed by atoms with van der Waals surface area (Å²) >= 11 is 1.19. The van der Waals surface area contributed by atoms with Crippen molar-refractivity contribution in [3.63, 3.8) is 0 Å². The molecule has 2 aromatic rings. The Bertz CT molecular complexity index is 1110. The second-order valence-electron chi connectivity index (χ2n) is 8.94. The lowest BCUT2D eigenvalue weighted by atomic mass is 9.77. The van der Waals surface area contributed by atoms with Crippen LogP contribution < -0.4 is 15.8 Å². The number of thiophene rings is 1. The molecule has 0 spiro atoms.